The molecule has 1 aliphatic carbocycles. The highest BCUT2D eigenvalue weighted by Crippen LogP contribution is 2.43. The summed E-state index contributed by atoms with van der Waals surface area (Å²) in [4.78, 5) is 10.3. The summed E-state index contributed by atoms with van der Waals surface area (Å²) in [7, 11) is 0. The van der Waals surface area contributed by atoms with Crippen molar-refractivity contribution in [3.63, 3.8) is 0 Å². The van der Waals surface area contributed by atoms with E-state index in [1.807, 2.05) is 18.2 Å². The van der Waals surface area contributed by atoms with Gasteiger partial charge in [0.25, 0.3) is 0 Å². The zero-order chi connectivity index (χ0) is 33.0. The summed E-state index contributed by atoms with van der Waals surface area (Å²) >= 11 is 0. The smallest absolute Gasteiger partial charge is 0.160 e. The highest BCUT2D eigenvalue weighted by Gasteiger charge is 2.26. The van der Waals surface area contributed by atoms with Crippen LogP contribution in [-0.4, -0.2) is 14.5 Å². The van der Waals surface area contributed by atoms with Crippen LogP contribution in [0.2, 0.25) is 0 Å². The second kappa shape index (κ2) is 11.5. The first-order valence-corrected chi connectivity index (χ1v) is 17.1. The highest BCUT2D eigenvalue weighted by atomic mass is 15.0. The molecule has 1 aliphatic rings. The molecule has 3 heteroatoms. The van der Waals surface area contributed by atoms with E-state index in [2.05, 4.69) is 162 Å². The van der Waals surface area contributed by atoms with Crippen LogP contribution in [0.4, 0.5) is 0 Å². The van der Waals surface area contributed by atoms with E-state index in [4.69, 9.17) is 9.97 Å². The summed E-state index contributed by atoms with van der Waals surface area (Å²) in [5.41, 5.74) is 16.3. The van der Waals surface area contributed by atoms with E-state index in [-0.39, 0.29) is 0 Å². The van der Waals surface area contributed by atoms with Crippen LogP contribution in [0.3, 0.4) is 0 Å². The predicted octanol–water partition coefficient (Wildman–Crippen LogP) is 11.8. The van der Waals surface area contributed by atoms with Crippen molar-refractivity contribution in [3.05, 3.63) is 187 Å². The van der Waals surface area contributed by atoms with E-state index < -0.39 is 0 Å². The molecule has 7 aromatic carbocycles. The van der Waals surface area contributed by atoms with Gasteiger partial charge in [-0.3, -0.25) is 0 Å². The number of nitrogens with zero attached hydrogens (tertiary/aromatic N) is 3. The van der Waals surface area contributed by atoms with E-state index in [1.165, 1.54) is 66.4 Å². The van der Waals surface area contributed by atoms with Gasteiger partial charge >= 0.3 is 0 Å². The summed E-state index contributed by atoms with van der Waals surface area (Å²) in [6, 6.07) is 62.7. The molecular formula is C47H31N3. The number of para-hydroxylation sites is 2. The summed E-state index contributed by atoms with van der Waals surface area (Å²) in [5.74, 6) is 0.758. The third-order valence-electron chi connectivity index (χ3n) is 10.1. The zero-order valence-electron chi connectivity index (χ0n) is 27.3. The number of hydrogen-bond acceptors (Lipinski definition) is 2. The highest BCUT2D eigenvalue weighted by molar-refractivity contribution is 6.15. The Kier molecular flexibility index (Phi) is 6.56. The average molecular weight is 638 g/mol. The molecule has 234 valence electrons. The summed E-state index contributed by atoms with van der Waals surface area (Å²) in [6.07, 6.45) is 0.823. The normalized spacial score (nSPS) is 11.9. The molecule has 0 radical (unpaired) electrons. The first-order valence-electron chi connectivity index (χ1n) is 17.1. The van der Waals surface area contributed by atoms with Crippen molar-refractivity contribution in [1.29, 1.82) is 0 Å². The van der Waals surface area contributed by atoms with E-state index >= 15 is 0 Å². The molecule has 0 unspecified atom stereocenters. The third-order valence-corrected chi connectivity index (χ3v) is 10.1. The van der Waals surface area contributed by atoms with E-state index in [9.17, 15) is 0 Å². The van der Waals surface area contributed by atoms with Crippen LogP contribution in [0.5, 0.6) is 0 Å². The standard InChI is InChI=1S/C47H31N3/c1-4-13-33(14-5-1)45-41-30-36-28-27-35(29-40(36)46(41)49-47(48-45)34-15-6-2-7-16-34)31-23-25-32(26-24-31)38-20-12-22-43-44(38)39-19-10-11-21-42(39)50(43)37-17-8-3-9-18-37/h1-29H,30H2. The van der Waals surface area contributed by atoms with Crippen LogP contribution in [0, 0.1) is 0 Å². The van der Waals surface area contributed by atoms with Crippen LogP contribution < -0.4 is 0 Å². The first kappa shape index (κ1) is 28.4. The fraction of sp³-hybridized carbons (Fsp3) is 0.0213. The Balaban J connectivity index is 1.07. The molecule has 2 aromatic heterocycles. The minimum Gasteiger partial charge on any atom is -0.309 e. The van der Waals surface area contributed by atoms with Gasteiger partial charge in [-0.2, -0.15) is 0 Å². The average Bonchev–Trinajstić information content (AvgIpc) is 3.74. The SMILES string of the molecule is c1ccc(-c2nc(-c3ccccc3)c3c(n2)-c2cc(-c4ccc(-c5cccc6c5c5ccccc5n6-c5ccccc5)cc4)ccc2C3)cc1. The quantitative estimate of drug-likeness (QED) is 0.188. The van der Waals surface area contributed by atoms with Gasteiger partial charge < -0.3 is 4.57 Å². The lowest BCUT2D eigenvalue weighted by atomic mass is 9.95. The van der Waals surface area contributed by atoms with Crippen molar-refractivity contribution in [1.82, 2.24) is 14.5 Å². The van der Waals surface area contributed by atoms with Gasteiger partial charge in [-0.25, -0.2) is 9.97 Å². The van der Waals surface area contributed by atoms with Crippen molar-refractivity contribution in [3.8, 4) is 61.8 Å². The van der Waals surface area contributed by atoms with Crippen molar-refractivity contribution in [2.45, 2.75) is 6.42 Å². The molecule has 0 saturated heterocycles. The van der Waals surface area contributed by atoms with Crippen LogP contribution >= 0.6 is 0 Å². The van der Waals surface area contributed by atoms with Crippen molar-refractivity contribution < 1.29 is 0 Å². The molecule has 0 N–H and O–H groups in total. The molecule has 0 fully saturated rings. The van der Waals surface area contributed by atoms with Crippen molar-refractivity contribution in [2.24, 2.45) is 0 Å². The zero-order valence-corrected chi connectivity index (χ0v) is 27.3. The maximum atomic E-state index is 5.20. The fourth-order valence-corrected chi connectivity index (χ4v) is 7.70. The van der Waals surface area contributed by atoms with Crippen molar-refractivity contribution >= 4 is 21.8 Å². The van der Waals surface area contributed by atoms with Gasteiger partial charge in [0, 0.05) is 45.1 Å². The van der Waals surface area contributed by atoms with Gasteiger partial charge in [0.05, 0.1) is 22.4 Å². The molecule has 0 amide bonds. The lowest BCUT2D eigenvalue weighted by Gasteiger charge is -2.11. The Morgan fingerprint density at radius 3 is 1.82 bits per heavy atom. The molecule has 0 saturated carbocycles. The third kappa shape index (κ3) is 4.59. The van der Waals surface area contributed by atoms with Gasteiger partial charge in [0.1, 0.15) is 0 Å². The van der Waals surface area contributed by atoms with E-state index in [0.717, 1.165) is 34.8 Å². The number of rotatable bonds is 5. The van der Waals surface area contributed by atoms with Gasteiger partial charge in [0.15, 0.2) is 5.82 Å². The van der Waals surface area contributed by atoms with E-state index in [1.54, 1.807) is 0 Å². The predicted molar refractivity (Wildman–Crippen MR) is 206 cm³/mol. The molecule has 0 spiro atoms. The topological polar surface area (TPSA) is 30.7 Å². The van der Waals surface area contributed by atoms with Crippen LogP contribution in [0.15, 0.2) is 176 Å². The Labute approximate surface area is 290 Å². The van der Waals surface area contributed by atoms with Crippen molar-refractivity contribution in [2.75, 3.05) is 0 Å². The van der Waals surface area contributed by atoms with Gasteiger partial charge in [-0.15, -0.1) is 0 Å². The second-order valence-electron chi connectivity index (χ2n) is 13.0. The lowest BCUT2D eigenvalue weighted by molar-refractivity contribution is 1.13. The van der Waals surface area contributed by atoms with Crippen LogP contribution in [0.1, 0.15) is 11.1 Å². The minimum absolute atomic E-state index is 0.758. The van der Waals surface area contributed by atoms with Crippen LogP contribution in [0.25, 0.3) is 83.6 Å². The summed E-state index contributed by atoms with van der Waals surface area (Å²) < 4.78 is 2.38. The maximum absolute atomic E-state index is 5.20. The summed E-state index contributed by atoms with van der Waals surface area (Å²) in [5, 5.41) is 2.53. The van der Waals surface area contributed by atoms with Crippen LogP contribution in [-0.2, 0) is 6.42 Å². The Bertz CT molecular complexity index is 2690. The molecular weight excluding hydrogens is 607 g/mol. The van der Waals surface area contributed by atoms with E-state index in [0.29, 0.717) is 0 Å². The molecule has 50 heavy (non-hydrogen) atoms. The maximum Gasteiger partial charge on any atom is 0.160 e. The summed E-state index contributed by atoms with van der Waals surface area (Å²) in [6.45, 7) is 0. The minimum atomic E-state index is 0.758. The second-order valence-corrected chi connectivity index (χ2v) is 13.0. The molecule has 0 atom stereocenters. The molecule has 0 aliphatic heterocycles. The Morgan fingerprint density at radius 1 is 0.420 bits per heavy atom. The lowest BCUT2D eigenvalue weighted by Crippen LogP contribution is -1.99. The Morgan fingerprint density at radius 2 is 1.04 bits per heavy atom. The molecule has 3 nitrogen and oxygen atoms in total. The van der Waals surface area contributed by atoms with Gasteiger partial charge in [-0.1, -0.05) is 146 Å². The van der Waals surface area contributed by atoms with Gasteiger partial charge in [-0.05, 0) is 58.1 Å². The largest absolute Gasteiger partial charge is 0.309 e. The Hall–Kier alpha value is -6.58. The molecule has 2 heterocycles. The first-order chi connectivity index (χ1) is 24.8. The monoisotopic (exact) mass is 637 g/mol. The number of aromatic nitrogens is 3. The molecule has 0 bridgehead atoms. The number of hydrogen-bond donors (Lipinski definition) is 0. The molecule has 10 rings (SSSR count). The molecule has 9 aromatic rings. The number of benzene rings is 7. The van der Waals surface area contributed by atoms with Gasteiger partial charge in [0.2, 0.25) is 0 Å². The number of fused-ring (bicyclic) bond motifs is 6. The fourth-order valence-electron chi connectivity index (χ4n) is 7.70.